The van der Waals surface area contributed by atoms with Crippen LogP contribution in [0.25, 0.3) is 0 Å². The molecule has 7 nitrogen and oxygen atoms in total. The van der Waals surface area contributed by atoms with Gasteiger partial charge in [-0.15, -0.1) is 0 Å². The van der Waals surface area contributed by atoms with Gasteiger partial charge in [0.2, 0.25) is 6.29 Å². The highest BCUT2D eigenvalue weighted by Crippen LogP contribution is 2.36. The van der Waals surface area contributed by atoms with Crippen LogP contribution in [0.1, 0.15) is 20.3 Å². The molecule has 0 aliphatic heterocycles. The molecule has 29 heavy (non-hydrogen) atoms. The number of rotatable bonds is 12. The van der Waals surface area contributed by atoms with E-state index in [9.17, 15) is 14.4 Å². The van der Waals surface area contributed by atoms with E-state index in [-0.39, 0.29) is 25.4 Å². The van der Waals surface area contributed by atoms with Crippen molar-refractivity contribution in [1.82, 2.24) is 0 Å². The van der Waals surface area contributed by atoms with Crippen molar-refractivity contribution in [3.8, 4) is 0 Å². The maximum absolute atomic E-state index is 12.8. The third-order valence-electron chi connectivity index (χ3n) is 5.04. The lowest BCUT2D eigenvalue weighted by Crippen LogP contribution is -2.53. The first kappa shape index (κ1) is 25.0. The molecule has 8 heteroatoms. The van der Waals surface area contributed by atoms with E-state index in [1.54, 1.807) is 13.8 Å². The van der Waals surface area contributed by atoms with Crippen molar-refractivity contribution in [2.24, 2.45) is 5.92 Å². The van der Waals surface area contributed by atoms with Crippen molar-refractivity contribution in [2.45, 2.75) is 45.2 Å². The smallest absolute Gasteiger partial charge is 0.320 e. The van der Waals surface area contributed by atoms with Gasteiger partial charge < -0.3 is 18.9 Å². The fraction of sp³-hybridized carbons (Fsp3) is 0.571. The minimum Gasteiger partial charge on any atom is -0.465 e. The SMILES string of the molecule is CCOC(=O)C(C(=O)OCC)[C@H](CC(=O)C(OC)OC)[Si](C)(C)c1ccccc1. The summed E-state index contributed by atoms with van der Waals surface area (Å²) in [5, 5.41) is 1.02. The summed E-state index contributed by atoms with van der Waals surface area (Å²) in [6.45, 7) is 7.65. The summed E-state index contributed by atoms with van der Waals surface area (Å²) in [6.07, 6.45) is -1.13. The molecule has 0 aliphatic rings. The maximum Gasteiger partial charge on any atom is 0.320 e. The zero-order valence-corrected chi connectivity index (χ0v) is 19.1. The molecule has 0 unspecified atom stereocenters. The quantitative estimate of drug-likeness (QED) is 0.220. The molecule has 0 aromatic heterocycles. The number of hydrogen-bond donors (Lipinski definition) is 0. The van der Waals surface area contributed by atoms with Crippen LogP contribution in [0.3, 0.4) is 0 Å². The van der Waals surface area contributed by atoms with Crippen LogP contribution in [0.2, 0.25) is 18.6 Å². The predicted octanol–water partition coefficient (Wildman–Crippen LogP) is 2.29. The molecule has 0 saturated heterocycles. The van der Waals surface area contributed by atoms with Crippen LogP contribution in [0.5, 0.6) is 0 Å². The molecule has 162 valence electrons. The first-order valence-electron chi connectivity index (χ1n) is 9.71. The summed E-state index contributed by atoms with van der Waals surface area (Å²) in [5.74, 6) is -2.89. The van der Waals surface area contributed by atoms with Crippen LogP contribution >= 0.6 is 0 Å². The minimum atomic E-state index is -2.52. The van der Waals surface area contributed by atoms with Gasteiger partial charge in [-0.2, -0.15) is 0 Å². The zero-order chi connectivity index (χ0) is 22.0. The van der Waals surface area contributed by atoms with E-state index in [2.05, 4.69) is 0 Å². The number of hydrogen-bond acceptors (Lipinski definition) is 7. The second kappa shape index (κ2) is 11.8. The van der Waals surface area contributed by atoms with Gasteiger partial charge in [-0.1, -0.05) is 48.6 Å². The number of carbonyl (C=O) groups is 3. The van der Waals surface area contributed by atoms with E-state index in [4.69, 9.17) is 18.9 Å². The van der Waals surface area contributed by atoms with Crippen molar-refractivity contribution in [3.63, 3.8) is 0 Å². The Bertz CT molecular complexity index is 653. The Labute approximate surface area is 173 Å². The van der Waals surface area contributed by atoms with E-state index in [0.29, 0.717) is 0 Å². The van der Waals surface area contributed by atoms with Gasteiger partial charge in [0.25, 0.3) is 0 Å². The topological polar surface area (TPSA) is 88.1 Å². The van der Waals surface area contributed by atoms with E-state index < -0.39 is 37.8 Å². The number of esters is 2. The number of ether oxygens (including phenoxy) is 4. The van der Waals surface area contributed by atoms with Crippen molar-refractivity contribution in [2.75, 3.05) is 27.4 Å². The van der Waals surface area contributed by atoms with E-state index in [1.165, 1.54) is 14.2 Å². The Balaban J connectivity index is 3.47. The molecule has 1 aromatic rings. The standard InChI is InChI=1S/C21H32O7Si/c1-7-27-19(23)18(20(24)28-8-2)17(14-16(22)21(25-3)26-4)29(5,6)15-12-10-9-11-13-15/h9-13,17-18,21H,7-8,14H2,1-6H3/t17-/m0/s1. The Morgan fingerprint density at radius 3 is 1.79 bits per heavy atom. The normalized spacial score (nSPS) is 12.7. The third-order valence-corrected chi connectivity index (χ3v) is 9.25. The Morgan fingerprint density at radius 1 is 0.897 bits per heavy atom. The largest absolute Gasteiger partial charge is 0.465 e. The van der Waals surface area contributed by atoms with Crippen LogP contribution in [0, 0.1) is 5.92 Å². The molecule has 1 rings (SSSR count). The van der Waals surface area contributed by atoms with Crippen LogP contribution in [-0.4, -0.2) is 59.5 Å². The molecule has 0 heterocycles. The first-order valence-corrected chi connectivity index (χ1v) is 12.8. The van der Waals surface area contributed by atoms with Gasteiger partial charge >= 0.3 is 11.9 Å². The number of ketones is 1. The summed E-state index contributed by atoms with van der Waals surface area (Å²) >= 11 is 0. The summed E-state index contributed by atoms with van der Waals surface area (Å²) < 4.78 is 20.5. The van der Waals surface area contributed by atoms with Gasteiger partial charge in [0.1, 0.15) is 0 Å². The second-order valence-electron chi connectivity index (χ2n) is 7.15. The highest BCUT2D eigenvalue weighted by Gasteiger charge is 2.48. The van der Waals surface area contributed by atoms with Gasteiger partial charge in [-0.3, -0.25) is 14.4 Å². The number of methoxy groups -OCH3 is 2. The van der Waals surface area contributed by atoms with Crippen LogP contribution < -0.4 is 5.19 Å². The molecule has 0 saturated carbocycles. The molecule has 0 fully saturated rings. The maximum atomic E-state index is 12.8. The van der Waals surface area contributed by atoms with E-state index in [0.717, 1.165) is 5.19 Å². The van der Waals surface area contributed by atoms with Crippen molar-refractivity contribution in [3.05, 3.63) is 30.3 Å². The Morgan fingerprint density at radius 2 is 1.38 bits per heavy atom. The lowest BCUT2D eigenvalue weighted by Gasteiger charge is -2.36. The average Bonchev–Trinajstić information content (AvgIpc) is 2.69. The van der Waals surface area contributed by atoms with Crippen molar-refractivity contribution < 1.29 is 33.3 Å². The summed E-state index contributed by atoms with van der Waals surface area (Å²) in [4.78, 5) is 38.4. The van der Waals surface area contributed by atoms with Gasteiger partial charge in [0, 0.05) is 20.6 Å². The van der Waals surface area contributed by atoms with Crippen LogP contribution in [0.15, 0.2) is 30.3 Å². The summed E-state index contributed by atoms with van der Waals surface area (Å²) in [7, 11) is 0.217. The minimum absolute atomic E-state index is 0.0667. The number of Topliss-reactive ketones (excluding diaryl/α,β-unsaturated/α-hetero) is 1. The fourth-order valence-corrected chi connectivity index (χ4v) is 6.73. The molecule has 0 radical (unpaired) electrons. The molecule has 0 bridgehead atoms. The third kappa shape index (κ3) is 6.48. The molecule has 1 aromatic carbocycles. The van der Waals surface area contributed by atoms with E-state index >= 15 is 0 Å². The molecule has 0 N–H and O–H groups in total. The Kier molecular flexibility index (Phi) is 10.2. The van der Waals surface area contributed by atoms with Gasteiger partial charge in [0.15, 0.2) is 11.7 Å². The summed E-state index contributed by atoms with van der Waals surface area (Å²) in [5.41, 5.74) is -0.594. The molecular formula is C21H32O7Si. The van der Waals surface area contributed by atoms with Crippen LogP contribution in [0.4, 0.5) is 0 Å². The number of benzene rings is 1. The fourth-order valence-electron chi connectivity index (χ4n) is 3.43. The predicted molar refractivity (Wildman–Crippen MR) is 111 cm³/mol. The lowest BCUT2D eigenvalue weighted by molar-refractivity contribution is -0.163. The molecule has 0 aliphatic carbocycles. The molecular weight excluding hydrogens is 392 g/mol. The van der Waals surface area contributed by atoms with E-state index in [1.807, 2.05) is 43.4 Å². The second-order valence-corrected chi connectivity index (χ2v) is 11.9. The molecule has 0 spiro atoms. The summed E-state index contributed by atoms with van der Waals surface area (Å²) in [6, 6.07) is 9.62. The monoisotopic (exact) mass is 424 g/mol. The van der Waals surface area contributed by atoms with Crippen molar-refractivity contribution >= 4 is 31.0 Å². The van der Waals surface area contributed by atoms with Gasteiger partial charge in [-0.25, -0.2) is 0 Å². The molecule has 0 amide bonds. The lowest BCUT2D eigenvalue weighted by atomic mass is 10.00. The van der Waals surface area contributed by atoms with Gasteiger partial charge in [0.05, 0.1) is 21.3 Å². The highest BCUT2D eigenvalue weighted by molar-refractivity contribution is 6.91. The Hall–Kier alpha value is -2.03. The first-order chi connectivity index (χ1) is 13.7. The average molecular weight is 425 g/mol. The van der Waals surface area contributed by atoms with Crippen molar-refractivity contribution in [1.29, 1.82) is 0 Å². The van der Waals surface area contributed by atoms with Crippen LogP contribution in [-0.2, 0) is 33.3 Å². The molecule has 1 atom stereocenters. The highest BCUT2D eigenvalue weighted by atomic mass is 28.3. The zero-order valence-electron chi connectivity index (χ0n) is 18.1. The number of carbonyl (C=O) groups excluding carboxylic acids is 3. The van der Waals surface area contributed by atoms with Gasteiger partial charge in [-0.05, 0) is 19.4 Å².